The van der Waals surface area contributed by atoms with Crippen LogP contribution in [0.4, 0.5) is 20.2 Å². The van der Waals surface area contributed by atoms with Crippen molar-refractivity contribution >= 4 is 29.0 Å². The molecule has 0 aliphatic carbocycles. The van der Waals surface area contributed by atoms with Crippen LogP contribution >= 0.6 is 11.8 Å². The minimum atomic E-state index is -0.973. The Kier molecular flexibility index (Phi) is 4.81. The molecule has 3 rings (SSSR count). The van der Waals surface area contributed by atoms with E-state index in [-0.39, 0.29) is 18.1 Å². The number of halogens is 2. The van der Waals surface area contributed by atoms with Gasteiger partial charge in [-0.3, -0.25) is 4.79 Å². The van der Waals surface area contributed by atoms with Gasteiger partial charge in [0.2, 0.25) is 5.91 Å². The Labute approximate surface area is 137 Å². The van der Waals surface area contributed by atoms with Crippen molar-refractivity contribution in [2.75, 3.05) is 29.1 Å². The molecule has 0 spiro atoms. The van der Waals surface area contributed by atoms with Crippen LogP contribution in [0, 0.1) is 11.6 Å². The minimum Gasteiger partial charge on any atom is -0.361 e. The molecule has 3 nitrogen and oxygen atoms in total. The normalized spacial score (nSPS) is 14.1. The van der Waals surface area contributed by atoms with E-state index in [1.807, 2.05) is 29.2 Å². The van der Waals surface area contributed by atoms with E-state index < -0.39 is 11.6 Å². The first-order chi connectivity index (χ1) is 11.1. The number of para-hydroxylation sites is 1. The molecule has 0 bridgehead atoms. The highest BCUT2D eigenvalue weighted by Crippen LogP contribution is 2.33. The van der Waals surface area contributed by atoms with Gasteiger partial charge in [0.05, 0.1) is 12.2 Å². The zero-order valence-electron chi connectivity index (χ0n) is 12.4. The summed E-state index contributed by atoms with van der Waals surface area (Å²) in [4.78, 5) is 15.4. The molecule has 120 valence electrons. The zero-order chi connectivity index (χ0) is 16.2. The third-order valence-electron chi connectivity index (χ3n) is 3.57. The van der Waals surface area contributed by atoms with Gasteiger partial charge in [0.15, 0.2) is 11.6 Å². The van der Waals surface area contributed by atoms with Gasteiger partial charge in [-0.05, 0) is 36.4 Å². The van der Waals surface area contributed by atoms with E-state index in [0.29, 0.717) is 0 Å². The van der Waals surface area contributed by atoms with Crippen molar-refractivity contribution in [3.05, 3.63) is 54.1 Å². The fourth-order valence-electron chi connectivity index (χ4n) is 2.51. The Morgan fingerprint density at radius 1 is 1.17 bits per heavy atom. The number of fused-ring (bicyclic) bond motifs is 1. The summed E-state index contributed by atoms with van der Waals surface area (Å²) in [6, 6.07) is 11.3. The number of carbonyl (C=O) groups excluding carboxylic acids is 1. The molecule has 23 heavy (non-hydrogen) atoms. The summed E-state index contributed by atoms with van der Waals surface area (Å²) in [5.74, 6) is -1.14. The zero-order valence-corrected chi connectivity index (χ0v) is 13.2. The number of amides is 1. The van der Waals surface area contributed by atoms with Gasteiger partial charge in [-0.15, -0.1) is 11.8 Å². The molecule has 1 aliphatic heterocycles. The molecule has 0 aromatic heterocycles. The van der Waals surface area contributed by atoms with Crippen LogP contribution in [0.5, 0.6) is 0 Å². The van der Waals surface area contributed by atoms with Gasteiger partial charge in [-0.25, -0.2) is 8.78 Å². The maximum Gasteiger partial charge on any atom is 0.243 e. The summed E-state index contributed by atoms with van der Waals surface area (Å²) in [7, 11) is 0. The highest BCUT2D eigenvalue weighted by Gasteiger charge is 2.18. The summed E-state index contributed by atoms with van der Waals surface area (Å²) < 4.78 is 26.1. The summed E-state index contributed by atoms with van der Waals surface area (Å²) in [5, 5.41) is 2.61. The fraction of sp³-hybridized carbons (Fsp3) is 0.235. The molecule has 0 fully saturated rings. The van der Waals surface area contributed by atoms with Crippen LogP contribution in [0.25, 0.3) is 0 Å². The standard InChI is InChI=1S/C17H16F2N2OS/c18-13-7-6-12(10-14(13)19)20-17(22)11-21-8-3-9-23-16-5-2-1-4-15(16)21/h1-2,4-7,10H,3,8-9,11H2,(H,20,22). The summed E-state index contributed by atoms with van der Waals surface area (Å²) in [6.07, 6.45) is 0.984. The van der Waals surface area contributed by atoms with E-state index in [1.165, 1.54) is 6.07 Å². The van der Waals surface area contributed by atoms with Crippen molar-refractivity contribution in [2.45, 2.75) is 11.3 Å². The summed E-state index contributed by atoms with van der Waals surface area (Å²) in [5.41, 5.74) is 1.29. The molecule has 0 radical (unpaired) electrons. The van der Waals surface area contributed by atoms with Gasteiger partial charge >= 0.3 is 0 Å². The Balaban J connectivity index is 1.71. The number of hydrogen-bond acceptors (Lipinski definition) is 3. The van der Waals surface area contributed by atoms with Crippen LogP contribution in [0.15, 0.2) is 47.4 Å². The molecule has 2 aromatic rings. The number of rotatable bonds is 3. The smallest absolute Gasteiger partial charge is 0.243 e. The third kappa shape index (κ3) is 3.82. The van der Waals surface area contributed by atoms with Crippen LogP contribution < -0.4 is 10.2 Å². The number of hydrogen-bond donors (Lipinski definition) is 1. The Hall–Kier alpha value is -2.08. The van der Waals surface area contributed by atoms with Crippen molar-refractivity contribution in [3.63, 3.8) is 0 Å². The molecule has 6 heteroatoms. The molecule has 0 unspecified atom stereocenters. The van der Waals surface area contributed by atoms with Gasteiger partial charge in [0, 0.05) is 23.2 Å². The van der Waals surface area contributed by atoms with E-state index in [9.17, 15) is 13.6 Å². The van der Waals surface area contributed by atoms with E-state index in [4.69, 9.17) is 0 Å². The second-order valence-electron chi connectivity index (χ2n) is 5.27. The summed E-state index contributed by atoms with van der Waals surface area (Å²) >= 11 is 1.78. The van der Waals surface area contributed by atoms with Gasteiger partial charge in [-0.1, -0.05) is 12.1 Å². The SMILES string of the molecule is O=C(CN1CCCSc2ccccc21)Nc1ccc(F)c(F)c1. The molecule has 1 N–H and O–H groups in total. The second-order valence-corrected chi connectivity index (χ2v) is 6.41. The Morgan fingerprint density at radius 2 is 2.00 bits per heavy atom. The average Bonchev–Trinajstić information content (AvgIpc) is 2.74. The largest absolute Gasteiger partial charge is 0.361 e. The molecule has 0 saturated heterocycles. The first-order valence-electron chi connectivity index (χ1n) is 7.35. The minimum absolute atomic E-state index is 0.177. The van der Waals surface area contributed by atoms with Crippen LogP contribution in [0.1, 0.15) is 6.42 Å². The first kappa shape index (κ1) is 15.8. The highest BCUT2D eigenvalue weighted by atomic mass is 32.2. The number of anilines is 2. The number of thioether (sulfide) groups is 1. The summed E-state index contributed by atoms with van der Waals surface area (Å²) in [6.45, 7) is 0.964. The molecule has 0 saturated carbocycles. The van der Waals surface area contributed by atoms with Crippen molar-refractivity contribution < 1.29 is 13.6 Å². The fourth-order valence-corrected chi connectivity index (χ4v) is 3.52. The van der Waals surface area contributed by atoms with Gasteiger partial charge in [0.1, 0.15) is 0 Å². The van der Waals surface area contributed by atoms with Gasteiger partial charge in [0.25, 0.3) is 0 Å². The molecule has 0 atom stereocenters. The van der Waals surface area contributed by atoms with E-state index >= 15 is 0 Å². The number of nitrogens with one attached hydrogen (secondary N) is 1. The van der Waals surface area contributed by atoms with Crippen LogP contribution in [-0.2, 0) is 4.79 Å². The molecule has 2 aromatic carbocycles. The lowest BCUT2D eigenvalue weighted by molar-refractivity contribution is -0.115. The monoisotopic (exact) mass is 334 g/mol. The lowest BCUT2D eigenvalue weighted by atomic mass is 10.2. The number of nitrogens with zero attached hydrogens (tertiary/aromatic N) is 1. The predicted molar refractivity (Wildman–Crippen MR) is 89.0 cm³/mol. The quantitative estimate of drug-likeness (QED) is 0.924. The van der Waals surface area contributed by atoms with Crippen LogP contribution in [0.3, 0.4) is 0 Å². The van der Waals surface area contributed by atoms with Gasteiger partial charge in [-0.2, -0.15) is 0 Å². The predicted octanol–water partition coefficient (Wildman–Crippen LogP) is 3.91. The molecule has 1 heterocycles. The van der Waals surface area contributed by atoms with Crippen LogP contribution in [0.2, 0.25) is 0 Å². The Bertz CT molecular complexity index is 723. The van der Waals surface area contributed by atoms with E-state index in [1.54, 1.807) is 11.8 Å². The molecular weight excluding hydrogens is 318 g/mol. The highest BCUT2D eigenvalue weighted by molar-refractivity contribution is 7.99. The topological polar surface area (TPSA) is 32.3 Å². The lowest BCUT2D eigenvalue weighted by Crippen LogP contribution is -2.34. The van der Waals surface area contributed by atoms with E-state index in [2.05, 4.69) is 5.32 Å². The van der Waals surface area contributed by atoms with Crippen molar-refractivity contribution in [1.82, 2.24) is 0 Å². The van der Waals surface area contributed by atoms with Crippen molar-refractivity contribution in [2.24, 2.45) is 0 Å². The number of benzene rings is 2. The third-order valence-corrected chi connectivity index (χ3v) is 4.72. The van der Waals surface area contributed by atoms with Crippen molar-refractivity contribution in [1.29, 1.82) is 0 Å². The van der Waals surface area contributed by atoms with Crippen LogP contribution in [-0.4, -0.2) is 24.7 Å². The Morgan fingerprint density at radius 3 is 2.83 bits per heavy atom. The first-order valence-corrected chi connectivity index (χ1v) is 8.34. The maximum atomic E-state index is 13.2. The second kappa shape index (κ2) is 7.00. The lowest BCUT2D eigenvalue weighted by Gasteiger charge is -2.23. The number of carbonyl (C=O) groups is 1. The average molecular weight is 334 g/mol. The van der Waals surface area contributed by atoms with Crippen molar-refractivity contribution in [3.8, 4) is 0 Å². The molecular formula is C17H16F2N2OS. The van der Waals surface area contributed by atoms with Gasteiger partial charge < -0.3 is 10.2 Å². The molecule has 1 amide bonds. The molecule has 1 aliphatic rings. The maximum absolute atomic E-state index is 13.2. The van der Waals surface area contributed by atoms with E-state index in [0.717, 1.165) is 41.4 Å².